The van der Waals surface area contributed by atoms with Crippen molar-refractivity contribution in [2.75, 3.05) is 19.4 Å². The zero-order valence-electron chi connectivity index (χ0n) is 7.62. The second-order valence-corrected chi connectivity index (χ2v) is 5.89. The summed E-state index contributed by atoms with van der Waals surface area (Å²) in [5.74, 6) is 0.185. The lowest BCUT2D eigenvalue weighted by atomic mass is 10.2. The van der Waals surface area contributed by atoms with Crippen molar-refractivity contribution in [3.05, 3.63) is 0 Å². The fourth-order valence-corrected chi connectivity index (χ4v) is 2.62. The molecule has 12 heavy (non-hydrogen) atoms. The molecule has 0 aliphatic carbocycles. The summed E-state index contributed by atoms with van der Waals surface area (Å²) in [5.41, 5.74) is 5.51. The Morgan fingerprint density at radius 1 is 1.58 bits per heavy atom. The molecular weight excluding hydrogens is 194 g/mol. The van der Waals surface area contributed by atoms with Crippen LogP contribution in [0.2, 0.25) is 0 Å². The lowest BCUT2D eigenvalue weighted by Gasteiger charge is -2.19. The first-order chi connectivity index (χ1) is 5.52. The van der Waals surface area contributed by atoms with Crippen LogP contribution in [-0.2, 0) is 9.53 Å². The van der Waals surface area contributed by atoms with Gasteiger partial charge in [-0.25, -0.2) is 0 Å². The summed E-state index contributed by atoms with van der Waals surface area (Å²) in [4.78, 5) is 10.7. The van der Waals surface area contributed by atoms with Gasteiger partial charge in [0.15, 0.2) is 0 Å². The first-order valence-corrected chi connectivity index (χ1v) is 5.91. The second-order valence-electron chi connectivity index (χ2n) is 2.89. The number of carbonyl (C=O) groups excluding carboxylic acids is 1. The van der Waals surface area contributed by atoms with E-state index >= 15 is 0 Å². The average molecular weight is 209 g/mol. The molecule has 0 heterocycles. The summed E-state index contributed by atoms with van der Waals surface area (Å²) in [6.45, 7) is 4.69. The van der Waals surface area contributed by atoms with Gasteiger partial charge in [0.1, 0.15) is 5.75 Å². The predicted molar refractivity (Wildman–Crippen MR) is 55.2 cm³/mol. The Balaban J connectivity index is 3.49. The molecule has 0 saturated heterocycles. The van der Waals surface area contributed by atoms with Crippen molar-refractivity contribution in [1.82, 2.24) is 0 Å². The van der Waals surface area contributed by atoms with E-state index in [1.807, 2.05) is 13.8 Å². The van der Waals surface area contributed by atoms with Gasteiger partial charge in [0.05, 0.1) is 7.11 Å². The summed E-state index contributed by atoms with van der Waals surface area (Å²) < 4.78 is 4.52. The first kappa shape index (κ1) is 12.1. The largest absolute Gasteiger partial charge is 0.468 e. The smallest absolute Gasteiger partial charge is 0.316 e. The molecule has 0 amide bonds. The quantitative estimate of drug-likeness (QED) is 0.546. The van der Waals surface area contributed by atoms with Crippen LogP contribution in [0.15, 0.2) is 0 Å². The Labute approximate surface area is 81.2 Å². The summed E-state index contributed by atoms with van der Waals surface area (Å²) in [6.07, 6.45) is 0. The molecular formula is C7H15NO2S2. The minimum atomic E-state index is -0.194. The van der Waals surface area contributed by atoms with Gasteiger partial charge in [0.2, 0.25) is 0 Å². The maximum Gasteiger partial charge on any atom is 0.316 e. The van der Waals surface area contributed by atoms with Crippen molar-refractivity contribution in [3.63, 3.8) is 0 Å². The lowest BCUT2D eigenvalue weighted by Crippen LogP contribution is -2.25. The Morgan fingerprint density at radius 3 is 2.58 bits per heavy atom. The van der Waals surface area contributed by atoms with Crippen LogP contribution < -0.4 is 5.73 Å². The molecule has 0 saturated carbocycles. The fourth-order valence-electron chi connectivity index (χ4n) is 0.330. The van der Waals surface area contributed by atoms with Gasteiger partial charge in [-0.2, -0.15) is 0 Å². The molecule has 0 unspecified atom stereocenters. The molecule has 0 radical (unpaired) electrons. The molecule has 2 N–H and O–H groups in total. The minimum Gasteiger partial charge on any atom is -0.468 e. The van der Waals surface area contributed by atoms with Gasteiger partial charge in [0.25, 0.3) is 0 Å². The third kappa shape index (κ3) is 5.74. The highest BCUT2D eigenvalue weighted by molar-refractivity contribution is 8.77. The Hall–Kier alpha value is 0.130. The van der Waals surface area contributed by atoms with E-state index in [4.69, 9.17) is 5.73 Å². The standard InChI is InChI=1S/C7H15NO2S2/c1-7(2,5-8)12-11-4-6(9)10-3/h4-5,8H2,1-3H3. The molecule has 0 spiro atoms. The molecule has 0 fully saturated rings. The zero-order chi connectivity index (χ0) is 9.61. The summed E-state index contributed by atoms with van der Waals surface area (Å²) in [7, 11) is 4.48. The monoisotopic (exact) mass is 209 g/mol. The van der Waals surface area contributed by atoms with Crippen LogP contribution in [0, 0.1) is 0 Å². The summed E-state index contributed by atoms with van der Waals surface area (Å²) in [5, 5.41) is 0. The molecule has 0 aromatic rings. The Morgan fingerprint density at radius 2 is 2.17 bits per heavy atom. The van der Waals surface area contributed by atoms with Crippen molar-refractivity contribution in [2.45, 2.75) is 18.6 Å². The van der Waals surface area contributed by atoms with Crippen molar-refractivity contribution in [3.8, 4) is 0 Å². The van der Waals surface area contributed by atoms with E-state index in [1.165, 1.54) is 17.9 Å². The van der Waals surface area contributed by atoms with Crippen LogP contribution in [0.4, 0.5) is 0 Å². The number of nitrogens with two attached hydrogens (primary N) is 1. The van der Waals surface area contributed by atoms with E-state index in [0.29, 0.717) is 12.3 Å². The van der Waals surface area contributed by atoms with E-state index in [-0.39, 0.29) is 10.7 Å². The van der Waals surface area contributed by atoms with E-state index in [1.54, 1.807) is 10.8 Å². The molecule has 5 heteroatoms. The van der Waals surface area contributed by atoms with Gasteiger partial charge in [-0.1, -0.05) is 21.6 Å². The lowest BCUT2D eigenvalue weighted by molar-refractivity contribution is -0.137. The van der Waals surface area contributed by atoms with Crippen LogP contribution >= 0.6 is 21.6 Å². The summed E-state index contributed by atoms with van der Waals surface area (Å²) >= 11 is 0. The van der Waals surface area contributed by atoms with Crippen molar-refractivity contribution in [2.24, 2.45) is 5.73 Å². The molecule has 0 aliphatic heterocycles. The maximum atomic E-state index is 10.7. The van der Waals surface area contributed by atoms with Crippen molar-refractivity contribution >= 4 is 27.6 Å². The van der Waals surface area contributed by atoms with Gasteiger partial charge >= 0.3 is 5.97 Å². The minimum absolute atomic E-state index is 0.0265. The topological polar surface area (TPSA) is 52.3 Å². The van der Waals surface area contributed by atoms with Crippen LogP contribution in [0.3, 0.4) is 0 Å². The van der Waals surface area contributed by atoms with E-state index in [2.05, 4.69) is 4.74 Å². The van der Waals surface area contributed by atoms with Gasteiger partial charge in [-0.3, -0.25) is 4.79 Å². The highest BCUT2D eigenvalue weighted by Gasteiger charge is 2.17. The molecule has 72 valence electrons. The van der Waals surface area contributed by atoms with Crippen molar-refractivity contribution in [1.29, 1.82) is 0 Å². The van der Waals surface area contributed by atoms with Crippen molar-refractivity contribution < 1.29 is 9.53 Å². The second kappa shape index (κ2) is 5.72. The number of ether oxygens (including phenoxy) is 1. The van der Waals surface area contributed by atoms with Gasteiger partial charge in [-0.05, 0) is 13.8 Å². The number of methoxy groups -OCH3 is 1. The van der Waals surface area contributed by atoms with Crippen LogP contribution in [0.1, 0.15) is 13.8 Å². The fraction of sp³-hybridized carbons (Fsp3) is 0.857. The highest BCUT2D eigenvalue weighted by Crippen LogP contribution is 2.34. The van der Waals surface area contributed by atoms with Gasteiger partial charge < -0.3 is 10.5 Å². The molecule has 0 bridgehead atoms. The van der Waals surface area contributed by atoms with Crippen LogP contribution in [-0.4, -0.2) is 30.1 Å². The van der Waals surface area contributed by atoms with Crippen LogP contribution in [0.25, 0.3) is 0 Å². The molecule has 0 rings (SSSR count). The molecule has 0 aromatic heterocycles. The number of rotatable bonds is 5. The Kier molecular flexibility index (Phi) is 5.78. The summed E-state index contributed by atoms with van der Waals surface area (Å²) in [6, 6.07) is 0. The number of hydrogen-bond donors (Lipinski definition) is 1. The van der Waals surface area contributed by atoms with E-state index < -0.39 is 0 Å². The Bertz CT molecular complexity index is 150. The number of hydrogen-bond acceptors (Lipinski definition) is 5. The SMILES string of the molecule is COC(=O)CSSC(C)(C)CN. The first-order valence-electron chi connectivity index (χ1n) is 3.59. The number of carbonyl (C=O) groups is 1. The molecule has 0 aromatic carbocycles. The number of esters is 1. The normalized spacial score (nSPS) is 11.3. The highest BCUT2D eigenvalue weighted by atomic mass is 33.1. The maximum absolute atomic E-state index is 10.7. The van der Waals surface area contributed by atoms with E-state index in [9.17, 15) is 4.79 Å². The molecule has 3 nitrogen and oxygen atoms in total. The molecule has 0 atom stereocenters. The third-order valence-corrected chi connectivity index (χ3v) is 4.33. The zero-order valence-corrected chi connectivity index (χ0v) is 9.26. The van der Waals surface area contributed by atoms with Gasteiger partial charge in [0, 0.05) is 11.3 Å². The predicted octanol–water partition coefficient (Wildman–Crippen LogP) is 1.28. The molecule has 0 aliphatic rings. The average Bonchev–Trinajstić information content (AvgIpc) is 2.04. The van der Waals surface area contributed by atoms with Gasteiger partial charge in [-0.15, -0.1) is 0 Å². The third-order valence-electron chi connectivity index (χ3n) is 1.18. The van der Waals surface area contributed by atoms with Crippen LogP contribution in [0.5, 0.6) is 0 Å². The van der Waals surface area contributed by atoms with E-state index in [0.717, 1.165) is 0 Å².